The number of amides is 1. The van der Waals surface area contributed by atoms with Crippen LogP contribution in [0.4, 0.5) is 0 Å². The highest BCUT2D eigenvalue weighted by Gasteiger charge is 2.18. The molecule has 4 nitrogen and oxygen atoms in total. The van der Waals surface area contributed by atoms with Gasteiger partial charge in [-0.15, -0.1) is 0 Å². The summed E-state index contributed by atoms with van der Waals surface area (Å²) in [7, 11) is 0. The van der Waals surface area contributed by atoms with Gasteiger partial charge in [-0.05, 0) is 23.8 Å². The molecule has 0 radical (unpaired) electrons. The number of carbonyl (C=O) groups is 2. The van der Waals surface area contributed by atoms with Crippen LogP contribution in [-0.4, -0.2) is 11.9 Å². The van der Waals surface area contributed by atoms with Gasteiger partial charge in [0.15, 0.2) is 0 Å². The summed E-state index contributed by atoms with van der Waals surface area (Å²) in [5.41, 5.74) is 0.848. The van der Waals surface area contributed by atoms with Gasteiger partial charge in [-0.1, -0.05) is 48.0 Å². The van der Waals surface area contributed by atoms with Crippen LogP contribution in [0.15, 0.2) is 54.6 Å². The third-order valence-electron chi connectivity index (χ3n) is 2.98. The standard InChI is InChI=1S/C17H16ClNO3/c1-12(20)19-16(13-6-3-2-4-7-13)11-17(21)22-15-9-5-8-14(18)10-15/h2-10,16H,11H2,1H3,(H,19,20)/t16-/m0/s1. The molecule has 0 heterocycles. The third kappa shape index (κ3) is 4.90. The minimum atomic E-state index is -0.440. The molecule has 0 aliphatic carbocycles. The lowest BCUT2D eigenvalue weighted by molar-refractivity contribution is -0.135. The topological polar surface area (TPSA) is 55.4 Å². The monoisotopic (exact) mass is 317 g/mol. The second-order valence-electron chi connectivity index (χ2n) is 4.80. The van der Waals surface area contributed by atoms with Crippen LogP contribution in [-0.2, 0) is 9.59 Å². The molecule has 0 bridgehead atoms. The molecule has 2 rings (SSSR count). The quantitative estimate of drug-likeness (QED) is 0.678. The van der Waals surface area contributed by atoms with E-state index in [1.807, 2.05) is 30.3 Å². The van der Waals surface area contributed by atoms with Gasteiger partial charge in [0, 0.05) is 11.9 Å². The summed E-state index contributed by atoms with van der Waals surface area (Å²) < 4.78 is 5.25. The lowest BCUT2D eigenvalue weighted by atomic mass is 10.0. The first kappa shape index (κ1) is 16.0. The Morgan fingerprint density at radius 2 is 1.86 bits per heavy atom. The van der Waals surface area contributed by atoms with Gasteiger partial charge in [0.25, 0.3) is 0 Å². The molecule has 0 fully saturated rings. The molecule has 0 aliphatic heterocycles. The first-order chi connectivity index (χ1) is 10.5. The molecule has 2 aromatic carbocycles. The molecule has 22 heavy (non-hydrogen) atoms. The SMILES string of the molecule is CC(=O)N[C@@H](CC(=O)Oc1cccc(Cl)c1)c1ccccc1. The van der Waals surface area contributed by atoms with Gasteiger partial charge in [0.2, 0.25) is 5.91 Å². The fourth-order valence-corrected chi connectivity index (χ4v) is 2.23. The zero-order valence-electron chi connectivity index (χ0n) is 12.1. The van der Waals surface area contributed by atoms with E-state index < -0.39 is 12.0 Å². The van der Waals surface area contributed by atoms with Crippen LogP contribution in [0.5, 0.6) is 5.75 Å². The molecule has 0 aromatic heterocycles. The summed E-state index contributed by atoms with van der Waals surface area (Å²) in [6.07, 6.45) is 0.0378. The second kappa shape index (κ2) is 7.61. The number of hydrogen-bond donors (Lipinski definition) is 1. The number of nitrogens with one attached hydrogen (secondary N) is 1. The number of carbonyl (C=O) groups excluding carboxylic acids is 2. The summed E-state index contributed by atoms with van der Waals surface area (Å²) in [6.45, 7) is 1.41. The number of halogens is 1. The van der Waals surface area contributed by atoms with Gasteiger partial charge in [-0.3, -0.25) is 9.59 Å². The van der Waals surface area contributed by atoms with Crippen LogP contribution in [0.25, 0.3) is 0 Å². The number of esters is 1. The number of ether oxygens (including phenoxy) is 1. The van der Waals surface area contributed by atoms with Gasteiger partial charge >= 0.3 is 5.97 Å². The van der Waals surface area contributed by atoms with Crippen LogP contribution >= 0.6 is 11.6 Å². The first-order valence-electron chi connectivity index (χ1n) is 6.83. The van der Waals surface area contributed by atoms with E-state index in [0.29, 0.717) is 10.8 Å². The zero-order valence-corrected chi connectivity index (χ0v) is 12.8. The molecule has 1 atom stereocenters. The molecule has 0 aliphatic rings. The van der Waals surface area contributed by atoms with Gasteiger partial charge in [0.1, 0.15) is 5.75 Å². The summed E-state index contributed by atoms with van der Waals surface area (Å²) in [6, 6.07) is 15.5. The van der Waals surface area contributed by atoms with Crippen molar-refractivity contribution in [2.24, 2.45) is 0 Å². The van der Waals surface area contributed by atoms with Crippen molar-refractivity contribution in [2.45, 2.75) is 19.4 Å². The molecule has 0 saturated heterocycles. The van der Waals surface area contributed by atoms with Crippen molar-refractivity contribution in [3.8, 4) is 5.75 Å². The molecule has 5 heteroatoms. The largest absolute Gasteiger partial charge is 0.426 e. The fraction of sp³-hybridized carbons (Fsp3) is 0.176. The molecule has 0 spiro atoms. The molecule has 1 amide bonds. The van der Waals surface area contributed by atoms with Crippen molar-refractivity contribution >= 4 is 23.5 Å². The van der Waals surface area contributed by atoms with Crippen LogP contribution in [0.3, 0.4) is 0 Å². The lowest BCUT2D eigenvalue weighted by Gasteiger charge is -2.17. The second-order valence-corrected chi connectivity index (χ2v) is 5.24. The Bertz CT molecular complexity index is 658. The highest BCUT2D eigenvalue weighted by atomic mass is 35.5. The molecule has 114 valence electrons. The molecule has 1 N–H and O–H groups in total. The van der Waals surface area contributed by atoms with E-state index in [9.17, 15) is 9.59 Å². The van der Waals surface area contributed by atoms with Crippen molar-refractivity contribution in [1.29, 1.82) is 0 Å². The number of benzene rings is 2. The average molecular weight is 318 g/mol. The molecule has 2 aromatic rings. The summed E-state index contributed by atoms with van der Waals surface area (Å²) >= 11 is 5.85. The molecule has 0 unspecified atom stereocenters. The first-order valence-corrected chi connectivity index (χ1v) is 7.20. The average Bonchev–Trinajstić information content (AvgIpc) is 2.47. The Balaban J connectivity index is 2.06. The maximum absolute atomic E-state index is 12.1. The van der Waals surface area contributed by atoms with E-state index in [0.717, 1.165) is 5.56 Å². The van der Waals surface area contributed by atoms with Gasteiger partial charge in [-0.25, -0.2) is 0 Å². The van der Waals surface area contributed by atoms with E-state index in [1.165, 1.54) is 6.92 Å². The van der Waals surface area contributed by atoms with Crippen LogP contribution in [0.2, 0.25) is 5.02 Å². The van der Waals surface area contributed by atoms with E-state index in [2.05, 4.69) is 5.32 Å². The zero-order chi connectivity index (χ0) is 15.9. The maximum Gasteiger partial charge on any atom is 0.313 e. The van der Waals surface area contributed by atoms with E-state index in [1.54, 1.807) is 24.3 Å². The highest BCUT2D eigenvalue weighted by molar-refractivity contribution is 6.30. The molecule has 0 saturated carbocycles. The summed E-state index contributed by atoms with van der Waals surface area (Å²) in [4.78, 5) is 23.4. The van der Waals surface area contributed by atoms with Crippen molar-refractivity contribution in [3.63, 3.8) is 0 Å². The van der Waals surface area contributed by atoms with Crippen LogP contribution in [0.1, 0.15) is 24.9 Å². The summed E-state index contributed by atoms with van der Waals surface area (Å²) in [5, 5.41) is 3.25. The lowest BCUT2D eigenvalue weighted by Crippen LogP contribution is -2.29. The fourth-order valence-electron chi connectivity index (χ4n) is 2.05. The minimum absolute atomic E-state index is 0.0378. The van der Waals surface area contributed by atoms with Crippen molar-refractivity contribution in [1.82, 2.24) is 5.32 Å². The number of rotatable bonds is 5. The molecular formula is C17H16ClNO3. The maximum atomic E-state index is 12.1. The number of hydrogen-bond acceptors (Lipinski definition) is 3. The predicted molar refractivity (Wildman–Crippen MR) is 84.7 cm³/mol. The van der Waals surface area contributed by atoms with Crippen LogP contribution in [0, 0.1) is 0 Å². The Morgan fingerprint density at radius 3 is 2.50 bits per heavy atom. The smallest absolute Gasteiger partial charge is 0.313 e. The highest BCUT2D eigenvalue weighted by Crippen LogP contribution is 2.21. The Labute approximate surface area is 134 Å². The van der Waals surface area contributed by atoms with Crippen LogP contribution < -0.4 is 10.1 Å². The van der Waals surface area contributed by atoms with Gasteiger partial charge < -0.3 is 10.1 Å². The van der Waals surface area contributed by atoms with Crippen molar-refractivity contribution in [2.75, 3.05) is 0 Å². The third-order valence-corrected chi connectivity index (χ3v) is 3.21. The predicted octanol–water partition coefficient (Wildman–Crippen LogP) is 3.51. The Hall–Kier alpha value is -2.33. The van der Waals surface area contributed by atoms with Crippen molar-refractivity contribution in [3.05, 3.63) is 65.2 Å². The summed E-state index contributed by atoms with van der Waals surface area (Å²) in [5.74, 6) is -0.263. The Morgan fingerprint density at radius 1 is 1.14 bits per heavy atom. The Kier molecular flexibility index (Phi) is 5.55. The van der Waals surface area contributed by atoms with Gasteiger partial charge in [-0.2, -0.15) is 0 Å². The normalized spacial score (nSPS) is 11.5. The van der Waals surface area contributed by atoms with Crippen molar-refractivity contribution < 1.29 is 14.3 Å². The molecular weight excluding hydrogens is 302 g/mol. The van der Waals surface area contributed by atoms with Gasteiger partial charge in [0.05, 0.1) is 12.5 Å². The minimum Gasteiger partial charge on any atom is -0.426 e. The van der Waals surface area contributed by atoms with E-state index in [4.69, 9.17) is 16.3 Å². The van der Waals surface area contributed by atoms with E-state index in [-0.39, 0.29) is 12.3 Å². The van der Waals surface area contributed by atoms with E-state index >= 15 is 0 Å².